The molecule has 0 radical (unpaired) electrons. The number of amides is 1. The van der Waals surface area contributed by atoms with Gasteiger partial charge in [0.2, 0.25) is 5.91 Å². The molecule has 1 amide bonds. The van der Waals surface area contributed by atoms with Crippen LogP contribution in [0, 0.1) is 6.92 Å². The summed E-state index contributed by atoms with van der Waals surface area (Å²) in [5.41, 5.74) is 2.15. The van der Waals surface area contributed by atoms with Crippen molar-refractivity contribution in [1.29, 1.82) is 0 Å². The highest BCUT2D eigenvalue weighted by atomic mass is 79.9. The van der Waals surface area contributed by atoms with Crippen LogP contribution >= 0.6 is 15.9 Å². The first kappa shape index (κ1) is 15.4. The quantitative estimate of drug-likeness (QED) is 0.769. The number of fused-ring (bicyclic) bond motifs is 1. The Hall–Kier alpha value is -2.47. The van der Waals surface area contributed by atoms with Gasteiger partial charge >= 0.3 is 0 Å². The third kappa shape index (κ3) is 3.32. The molecule has 2 aromatic carbocycles. The van der Waals surface area contributed by atoms with E-state index in [1.807, 2.05) is 31.2 Å². The van der Waals surface area contributed by atoms with Gasteiger partial charge in [-0.05, 0) is 52.7 Å². The number of hydrogen-bond acceptors (Lipinski definition) is 3. The Bertz CT molecular complexity index is 950. The highest BCUT2D eigenvalue weighted by molar-refractivity contribution is 9.10. The Morgan fingerprint density at radius 2 is 2.04 bits per heavy atom. The highest BCUT2D eigenvalue weighted by Crippen LogP contribution is 2.23. The summed E-state index contributed by atoms with van der Waals surface area (Å²) < 4.78 is 2.11. The van der Waals surface area contributed by atoms with Gasteiger partial charge in [-0.2, -0.15) is 0 Å². The molecule has 1 aromatic heterocycles. The lowest BCUT2D eigenvalue weighted by molar-refractivity contribution is -0.116. The topological polar surface area (TPSA) is 64.0 Å². The van der Waals surface area contributed by atoms with E-state index >= 15 is 0 Å². The fraction of sp³-hybridized carbons (Fsp3) is 0.118. The minimum atomic E-state index is -0.284. The SMILES string of the molecule is Cc1ccc(NC(=O)Cn2cnc3ccccc3c2=O)c(Br)c1. The molecular weight excluding hydrogens is 358 g/mol. The lowest BCUT2D eigenvalue weighted by Gasteiger charge is -2.10. The summed E-state index contributed by atoms with van der Waals surface area (Å²) in [4.78, 5) is 28.8. The minimum Gasteiger partial charge on any atom is -0.324 e. The van der Waals surface area contributed by atoms with Crippen molar-refractivity contribution in [2.45, 2.75) is 13.5 Å². The number of aromatic nitrogens is 2. The average Bonchev–Trinajstić information content (AvgIpc) is 2.53. The van der Waals surface area contributed by atoms with Crippen molar-refractivity contribution in [2.75, 3.05) is 5.32 Å². The number of aryl methyl sites for hydroxylation is 1. The van der Waals surface area contributed by atoms with Crippen molar-refractivity contribution in [3.8, 4) is 0 Å². The van der Waals surface area contributed by atoms with Crippen molar-refractivity contribution < 1.29 is 4.79 Å². The summed E-state index contributed by atoms with van der Waals surface area (Å²) in [5, 5.41) is 3.29. The zero-order valence-electron chi connectivity index (χ0n) is 12.4. The van der Waals surface area contributed by atoms with Crippen molar-refractivity contribution in [2.24, 2.45) is 0 Å². The molecule has 5 nitrogen and oxygen atoms in total. The number of benzene rings is 2. The van der Waals surface area contributed by atoms with E-state index in [1.54, 1.807) is 18.2 Å². The van der Waals surface area contributed by atoms with E-state index in [4.69, 9.17) is 0 Å². The van der Waals surface area contributed by atoms with Gasteiger partial charge in [-0.15, -0.1) is 0 Å². The maximum Gasteiger partial charge on any atom is 0.261 e. The normalized spacial score (nSPS) is 10.7. The predicted octanol–water partition coefficient (Wildman–Crippen LogP) is 3.11. The van der Waals surface area contributed by atoms with Crippen LogP contribution in [0.2, 0.25) is 0 Å². The van der Waals surface area contributed by atoms with Gasteiger partial charge in [-0.25, -0.2) is 4.98 Å². The first-order valence-corrected chi connectivity index (χ1v) is 7.84. The largest absolute Gasteiger partial charge is 0.324 e. The monoisotopic (exact) mass is 371 g/mol. The van der Waals surface area contributed by atoms with Crippen molar-refractivity contribution in [3.05, 3.63) is 69.2 Å². The number of nitrogens with one attached hydrogen (secondary N) is 1. The molecule has 1 heterocycles. The number of para-hydroxylation sites is 1. The molecule has 6 heteroatoms. The summed E-state index contributed by atoms with van der Waals surface area (Å²) in [6, 6.07) is 12.7. The standard InChI is InChI=1S/C17H14BrN3O2/c1-11-6-7-15(13(18)8-11)20-16(22)9-21-10-19-14-5-3-2-4-12(14)17(21)23/h2-8,10H,9H2,1H3,(H,20,22). The molecule has 0 saturated heterocycles. The Labute approximate surface area is 141 Å². The average molecular weight is 372 g/mol. The van der Waals surface area contributed by atoms with Gasteiger partial charge in [0.15, 0.2) is 0 Å². The second-order valence-corrected chi connectivity index (χ2v) is 6.08. The van der Waals surface area contributed by atoms with Crippen LogP contribution in [0.5, 0.6) is 0 Å². The van der Waals surface area contributed by atoms with Crippen molar-refractivity contribution >= 4 is 38.4 Å². The lowest BCUT2D eigenvalue weighted by Crippen LogP contribution is -2.28. The molecular formula is C17H14BrN3O2. The van der Waals surface area contributed by atoms with E-state index in [2.05, 4.69) is 26.2 Å². The zero-order valence-corrected chi connectivity index (χ0v) is 14.0. The summed E-state index contributed by atoms with van der Waals surface area (Å²) in [5.74, 6) is -0.284. The van der Waals surface area contributed by atoms with Crippen molar-refractivity contribution in [3.63, 3.8) is 0 Å². The van der Waals surface area contributed by atoms with Gasteiger partial charge in [0.05, 0.1) is 22.9 Å². The molecule has 1 N–H and O–H groups in total. The van der Waals surface area contributed by atoms with Gasteiger partial charge in [-0.1, -0.05) is 18.2 Å². The lowest BCUT2D eigenvalue weighted by atomic mass is 10.2. The fourth-order valence-corrected chi connectivity index (χ4v) is 2.88. The molecule has 0 aliphatic carbocycles. The first-order valence-electron chi connectivity index (χ1n) is 7.05. The molecule has 0 unspecified atom stereocenters. The van der Waals surface area contributed by atoms with E-state index in [0.717, 1.165) is 10.0 Å². The molecule has 3 rings (SSSR count). The maximum absolute atomic E-state index is 12.4. The molecule has 0 aliphatic heterocycles. The number of carbonyl (C=O) groups is 1. The molecule has 0 atom stereocenters. The van der Waals surface area contributed by atoms with Gasteiger partial charge in [0.25, 0.3) is 5.56 Å². The second-order valence-electron chi connectivity index (χ2n) is 5.23. The molecule has 0 spiro atoms. The molecule has 0 fully saturated rings. The molecule has 116 valence electrons. The van der Waals surface area contributed by atoms with Crippen LogP contribution in [-0.2, 0) is 11.3 Å². The summed E-state index contributed by atoms with van der Waals surface area (Å²) in [6.45, 7) is 1.88. The van der Waals surface area contributed by atoms with Gasteiger partial charge in [0.1, 0.15) is 6.54 Å². The third-order valence-electron chi connectivity index (χ3n) is 3.44. The summed E-state index contributed by atoms with van der Waals surface area (Å²) in [6.07, 6.45) is 1.40. The number of hydrogen-bond donors (Lipinski definition) is 1. The Morgan fingerprint density at radius 1 is 1.26 bits per heavy atom. The minimum absolute atomic E-state index is 0.0863. The smallest absolute Gasteiger partial charge is 0.261 e. The first-order chi connectivity index (χ1) is 11.0. The highest BCUT2D eigenvalue weighted by Gasteiger charge is 2.09. The van der Waals surface area contributed by atoms with E-state index in [1.165, 1.54) is 10.9 Å². The van der Waals surface area contributed by atoms with Crippen LogP contribution in [-0.4, -0.2) is 15.5 Å². The van der Waals surface area contributed by atoms with Gasteiger partial charge < -0.3 is 5.32 Å². The number of nitrogens with zero attached hydrogens (tertiary/aromatic N) is 2. The molecule has 0 bridgehead atoms. The van der Waals surface area contributed by atoms with E-state index in [0.29, 0.717) is 16.6 Å². The maximum atomic E-state index is 12.4. The Balaban J connectivity index is 1.83. The zero-order chi connectivity index (χ0) is 16.4. The van der Waals surface area contributed by atoms with Crippen molar-refractivity contribution in [1.82, 2.24) is 9.55 Å². The number of anilines is 1. The fourth-order valence-electron chi connectivity index (χ4n) is 2.28. The van der Waals surface area contributed by atoms with Crippen LogP contribution < -0.4 is 10.9 Å². The van der Waals surface area contributed by atoms with E-state index in [-0.39, 0.29) is 18.0 Å². The summed E-state index contributed by atoms with van der Waals surface area (Å²) in [7, 11) is 0. The van der Waals surface area contributed by atoms with E-state index in [9.17, 15) is 9.59 Å². The molecule has 23 heavy (non-hydrogen) atoms. The van der Waals surface area contributed by atoms with Crippen LogP contribution in [0.25, 0.3) is 10.9 Å². The Morgan fingerprint density at radius 3 is 2.83 bits per heavy atom. The van der Waals surface area contributed by atoms with Crippen LogP contribution in [0.15, 0.2) is 58.1 Å². The van der Waals surface area contributed by atoms with Crippen LogP contribution in [0.1, 0.15) is 5.56 Å². The molecule has 0 aliphatic rings. The molecule has 3 aromatic rings. The third-order valence-corrected chi connectivity index (χ3v) is 4.10. The predicted molar refractivity (Wildman–Crippen MR) is 93.5 cm³/mol. The van der Waals surface area contributed by atoms with E-state index < -0.39 is 0 Å². The number of rotatable bonds is 3. The summed E-state index contributed by atoms with van der Waals surface area (Å²) >= 11 is 3.41. The number of halogens is 1. The second kappa shape index (κ2) is 6.34. The Kier molecular flexibility index (Phi) is 4.25. The van der Waals surface area contributed by atoms with Crippen LogP contribution in [0.3, 0.4) is 0 Å². The molecule has 0 saturated carbocycles. The van der Waals surface area contributed by atoms with Gasteiger partial charge in [0, 0.05) is 4.47 Å². The van der Waals surface area contributed by atoms with Crippen LogP contribution in [0.4, 0.5) is 5.69 Å². The van der Waals surface area contributed by atoms with Gasteiger partial charge in [-0.3, -0.25) is 14.2 Å². The number of carbonyl (C=O) groups excluding carboxylic acids is 1.